The van der Waals surface area contributed by atoms with E-state index in [1.54, 1.807) is 6.26 Å². The average Bonchev–Trinajstić information content (AvgIpc) is 3.14. The molecule has 0 radical (unpaired) electrons. The largest absolute Gasteiger partial charge is 0.491 e. The van der Waals surface area contributed by atoms with Gasteiger partial charge >= 0.3 is 0 Å². The van der Waals surface area contributed by atoms with Crippen molar-refractivity contribution < 1.29 is 9.26 Å². The molecule has 0 bridgehead atoms. The van der Waals surface area contributed by atoms with Crippen molar-refractivity contribution in [2.75, 3.05) is 6.61 Å². The highest BCUT2D eigenvalue weighted by Gasteiger charge is 2.14. The Kier molecular flexibility index (Phi) is 4.10. The maximum Gasteiger partial charge on any atom is 0.147 e. The molecule has 0 unspecified atom stereocenters. The molecule has 3 aromatic rings. The van der Waals surface area contributed by atoms with Gasteiger partial charge in [0.05, 0.1) is 24.5 Å². The summed E-state index contributed by atoms with van der Waals surface area (Å²) in [7, 11) is 0. The fourth-order valence-corrected chi connectivity index (χ4v) is 2.46. The van der Waals surface area contributed by atoms with Crippen molar-refractivity contribution in [2.24, 2.45) is 0 Å². The quantitative estimate of drug-likeness (QED) is 0.653. The van der Waals surface area contributed by atoms with E-state index in [0.717, 1.165) is 34.7 Å². The van der Waals surface area contributed by atoms with Crippen LogP contribution >= 0.6 is 11.6 Å². The molecule has 0 aliphatic carbocycles. The van der Waals surface area contributed by atoms with E-state index >= 15 is 0 Å². The Hall–Kier alpha value is -2.01. The number of fused-ring (bicyclic) bond motifs is 1. The predicted molar refractivity (Wildman–Crippen MR) is 80.7 cm³/mol. The minimum absolute atomic E-state index is 0.333. The van der Waals surface area contributed by atoms with Gasteiger partial charge in [0.25, 0.3) is 0 Å². The molecule has 5 nitrogen and oxygen atoms in total. The molecule has 0 saturated carbocycles. The molecule has 0 aliphatic rings. The molecule has 0 spiro atoms. The summed E-state index contributed by atoms with van der Waals surface area (Å²) in [5.41, 5.74) is 2.66. The van der Waals surface area contributed by atoms with Crippen LogP contribution in [0.4, 0.5) is 0 Å². The van der Waals surface area contributed by atoms with E-state index in [1.807, 2.05) is 28.8 Å². The molecule has 2 heterocycles. The first-order chi connectivity index (χ1) is 10.3. The van der Waals surface area contributed by atoms with Gasteiger partial charge in [-0.1, -0.05) is 18.1 Å². The van der Waals surface area contributed by atoms with E-state index in [0.29, 0.717) is 19.0 Å². The van der Waals surface area contributed by atoms with Gasteiger partial charge < -0.3 is 13.8 Å². The lowest BCUT2D eigenvalue weighted by Crippen LogP contribution is -2.04. The Labute approximate surface area is 127 Å². The van der Waals surface area contributed by atoms with E-state index in [2.05, 4.69) is 17.1 Å². The Morgan fingerprint density at radius 2 is 2.24 bits per heavy atom. The minimum atomic E-state index is 0.333. The van der Waals surface area contributed by atoms with E-state index in [1.165, 1.54) is 0 Å². The van der Waals surface area contributed by atoms with Crippen molar-refractivity contribution in [1.82, 2.24) is 14.7 Å². The van der Waals surface area contributed by atoms with Gasteiger partial charge in [0.15, 0.2) is 0 Å². The van der Waals surface area contributed by atoms with Gasteiger partial charge in [0.1, 0.15) is 29.0 Å². The van der Waals surface area contributed by atoms with Crippen molar-refractivity contribution in [3.05, 3.63) is 42.0 Å². The third-order valence-electron chi connectivity index (χ3n) is 3.21. The zero-order valence-corrected chi connectivity index (χ0v) is 12.5. The lowest BCUT2D eigenvalue weighted by Gasteiger charge is -2.06. The summed E-state index contributed by atoms with van der Waals surface area (Å²) in [5, 5.41) is 3.95. The molecule has 3 rings (SSSR count). The number of imidazole rings is 1. The maximum absolute atomic E-state index is 6.03. The first kappa shape index (κ1) is 13.9. The number of benzene rings is 1. The average molecular weight is 306 g/mol. The predicted octanol–water partition coefficient (Wildman–Crippen LogP) is 3.60. The van der Waals surface area contributed by atoms with Crippen LogP contribution in [-0.4, -0.2) is 21.3 Å². The number of rotatable bonds is 6. The number of alkyl halides is 1. The maximum atomic E-state index is 6.03. The Morgan fingerprint density at radius 1 is 1.33 bits per heavy atom. The number of nitrogens with zero attached hydrogens (tertiary/aromatic N) is 3. The zero-order chi connectivity index (χ0) is 14.7. The Balaban J connectivity index is 2.05. The lowest BCUT2D eigenvalue weighted by molar-refractivity contribution is 0.320. The van der Waals surface area contributed by atoms with Crippen molar-refractivity contribution >= 4 is 22.6 Å². The molecule has 0 saturated heterocycles. The molecular formula is C15H16ClN3O2. The van der Waals surface area contributed by atoms with Crippen LogP contribution in [0.15, 0.2) is 35.1 Å². The first-order valence-electron chi connectivity index (χ1n) is 6.89. The van der Waals surface area contributed by atoms with Crippen molar-refractivity contribution in [1.29, 1.82) is 0 Å². The van der Waals surface area contributed by atoms with Crippen molar-refractivity contribution in [3.63, 3.8) is 0 Å². The van der Waals surface area contributed by atoms with Gasteiger partial charge in [-0.25, -0.2) is 4.98 Å². The highest BCUT2D eigenvalue weighted by atomic mass is 35.5. The summed E-state index contributed by atoms with van der Waals surface area (Å²) >= 11 is 6.03. The summed E-state index contributed by atoms with van der Waals surface area (Å²) in [6.45, 7) is 3.32. The van der Waals surface area contributed by atoms with Crippen molar-refractivity contribution in [2.45, 2.75) is 25.8 Å². The lowest BCUT2D eigenvalue weighted by atomic mass is 10.3. The number of hydrogen-bond donors (Lipinski definition) is 0. The molecule has 0 fully saturated rings. The summed E-state index contributed by atoms with van der Waals surface area (Å²) in [4.78, 5) is 4.61. The monoisotopic (exact) mass is 305 g/mol. The Bertz CT molecular complexity index is 722. The standard InChI is InChI=1S/C15H16ClN3O2/c1-2-7-20-13-5-3-4-12-15(13)17-14(9-16)19(12)10-11-6-8-21-18-11/h3-6,8H,2,7,9-10H2,1H3. The van der Waals surface area contributed by atoms with Crippen LogP contribution in [0, 0.1) is 0 Å². The van der Waals surface area contributed by atoms with E-state index in [-0.39, 0.29) is 0 Å². The number of halogens is 1. The number of ether oxygens (including phenoxy) is 1. The normalized spacial score (nSPS) is 11.1. The van der Waals surface area contributed by atoms with Crippen LogP contribution in [0.3, 0.4) is 0 Å². The second-order valence-corrected chi connectivity index (χ2v) is 4.98. The number of hydrogen-bond acceptors (Lipinski definition) is 4. The fraction of sp³-hybridized carbons (Fsp3) is 0.333. The summed E-state index contributed by atoms with van der Waals surface area (Å²) < 4.78 is 12.7. The van der Waals surface area contributed by atoms with Gasteiger partial charge in [-0.05, 0) is 18.6 Å². The minimum Gasteiger partial charge on any atom is -0.491 e. The SMILES string of the molecule is CCCOc1cccc2c1nc(CCl)n2Cc1ccon1. The van der Waals surface area contributed by atoms with Crippen LogP contribution in [0.25, 0.3) is 11.0 Å². The Morgan fingerprint density at radius 3 is 2.95 bits per heavy atom. The molecule has 0 atom stereocenters. The highest BCUT2D eigenvalue weighted by Crippen LogP contribution is 2.27. The van der Waals surface area contributed by atoms with Crippen LogP contribution in [0.2, 0.25) is 0 Å². The third-order valence-corrected chi connectivity index (χ3v) is 3.45. The second kappa shape index (κ2) is 6.18. The summed E-state index contributed by atoms with van der Waals surface area (Å²) in [5.74, 6) is 1.92. The van der Waals surface area contributed by atoms with Gasteiger partial charge in [0, 0.05) is 6.07 Å². The summed E-state index contributed by atoms with van der Waals surface area (Å²) in [6.07, 6.45) is 2.52. The molecule has 110 valence electrons. The van der Waals surface area contributed by atoms with Crippen LogP contribution in [-0.2, 0) is 12.4 Å². The van der Waals surface area contributed by atoms with Crippen LogP contribution in [0.5, 0.6) is 5.75 Å². The molecule has 0 aliphatic heterocycles. The molecule has 2 aromatic heterocycles. The molecule has 1 aromatic carbocycles. The fourth-order valence-electron chi connectivity index (χ4n) is 2.26. The van der Waals surface area contributed by atoms with Gasteiger partial charge in [-0.15, -0.1) is 11.6 Å². The van der Waals surface area contributed by atoms with Gasteiger partial charge in [0.2, 0.25) is 0 Å². The molecular weight excluding hydrogens is 290 g/mol. The van der Waals surface area contributed by atoms with Gasteiger partial charge in [-0.2, -0.15) is 0 Å². The van der Waals surface area contributed by atoms with Crippen molar-refractivity contribution in [3.8, 4) is 5.75 Å². The van der Waals surface area contributed by atoms with Gasteiger partial charge in [-0.3, -0.25) is 0 Å². The van der Waals surface area contributed by atoms with Crippen LogP contribution < -0.4 is 4.74 Å². The highest BCUT2D eigenvalue weighted by molar-refractivity contribution is 6.16. The van der Waals surface area contributed by atoms with Crippen LogP contribution in [0.1, 0.15) is 24.9 Å². The zero-order valence-electron chi connectivity index (χ0n) is 11.8. The number of aromatic nitrogens is 3. The topological polar surface area (TPSA) is 53.1 Å². The second-order valence-electron chi connectivity index (χ2n) is 4.71. The number of para-hydroxylation sites is 1. The molecule has 0 amide bonds. The third kappa shape index (κ3) is 2.74. The molecule has 0 N–H and O–H groups in total. The van der Waals surface area contributed by atoms with E-state index in [4.69, 9.17) is 20.9 Å². The first-order valence-corrected chi connectivity index (χ1v) is 7.43. The smallest absolute Gasteiger partial charge is 0.147 e. The summed E-state index contributed by atoms with van der Waals surface area (Å²) in [6, 6.07) is 7.74. The molecule has 6 heteroatoms. The van der Waals surface area contributed by atoms with E-state index in [9.17, 15) is 0 Å². The molecule has 21 heavy (non-hydrogen) atoms. The van der Waals surface area contributed by atoms with E-state index < -0.39 is 0 Å².